The van der Waals surface area contributed by atoms with Gasteiger partial charge in [-0.3, -0.25) is 15.1 Å². The van der Waals surface area contributed by atoms with Gasteiger partial charge in [-0.1, -0.05) is 6.92 Å². The van der Waals surface area contributed by atoms with Gasteiger partial charge < -0.3 is 5.32 Å². The number of hydrogen-bond donors (Lipinski definition) is 1. The monoisotopic (exact) mass is 273 g/mol. The third kappa shape index (κ3) is 2.87. The zero-order chi connectivity index (χ0) is 14.5. The van der Waals surface area contributed by atoms with E-state index >= 15 is 0 Å². The number of nitrogens with zero attached hydrogens (tertiary/aromatic N) is 4. The Bertz CT molecular complexity index is 630. The third-order valence-electron chi connectivity index (χ3n) is 2.70. The fourth-order valence-corrected chi connectivity index (χ4v) is 1.82. The number of rotatable bonds is 5. The van der Waals surface area contributed by atoms with Crippen molar-refractivity contribution >= 4 is 11.5 Å². The van der Waals surface area contributed by atoms with Crippen molar-refractivity contribution in [2.24, 2.45) is 0 Å². The summed E-state index contributed by atoms with van der Waals surface area (Å²) in [6.45, 7) is 4.47. The summed E-state index contributed by atoms with van der Waals surface area (Å²) in [5, 5.41) is 14.3. The number of aryl methyl sites for hydroxylation is 1. The van der Waals surface area contributed by atoms with Gasteiger partial charge in [0.2, 0.25) is 5.82 Å². The maximum atomic E-state index is 11.3. The summed E-state index contributed by atoms with van der Waals surface area (Å²) in [6, 6.07) is 1.81. The van der Waals surface area contributed by atoms with Crippen molar-refractivity contribution < 1.29 is 4.92 Å². The molecule has 1 N–H and O–H groups in total. The van der Waals surface area contributed by atoms with E-state index < -0.39 is 4.92 Å². The maximum absolute atomic E-state index is 11.3. The average molecular weight is 273 g/mol. The first-order valence-electron chi connectivity index (χ1n) is 6.28. The molecule has 7 heteroatoms. The minimum Gasteiger partial charge on any atom is -0.364 e. The fourth-order valence-electron chi connectivity index (χ4n) is 1.82. The molecular weight excluding hydrogens is 258 g/mol. The molecule has 20 heavy (non-hydrogen) atoms. The molecule has 0 amide bonds. The first-order valence-corrected chi connectivity index (χ1v) is 6.28. The zero-order valence-corrected chi connectivity index (χ0v) is 11.3. The van der Waals surface area contributed by atoms with Gasteiger partial charge in [-0.25, -0.2) is 9.97 Å². The highest BCUT2D eigenvalue weighted by atomic mass is 16.6. The second kappa shape index (κ2) is 6.05. The molecule has 0 aliphatic carbocycles. The van der Waals surface area contributed by atoms with E-state index in [2.05, 4.69) is 20.3 Å². The highest BCUT2D eigenvalue weighted by Crippen LogP contribution is 2.32. The number of nitrogens with one attached hydrogen (secondary N) is 1. The van der Waals surface area contributed by atoms with Crippen molar-refractivity contribution in [3.8, 4) is 11.3 Å². The van der Waals surface area contributed by atoms with Crippen LogP contribution < -0.4 is 5.32 Å². The van der Waals surface area contributed by atoms with Crippen LogP contribution in [-0.4, -0.2) is 26.4 Å². The molecule has 0 fully saturated rings. The Morgan fingerprint density at radius 3 is 2.80 bits per heavy atom. The molecule has 0 bridgehead atoms. The molecule has 0 aliphatic heterocycles. The molecule has 0 spiro atoms. The molecule has 2 aromatic rings. The lowest BCUT2D eigenvalue weighted by Gasteiger charge is -2.08. The highest BCUT2D eigenvalue weighted by Gasteiger charge is 2.23. The van der Waals surface area contributed by atoms with E-state index in [9.17, 15) is 10.1 Å². The SMILES string of the molecule is CCCNc1ncnc(-c2cncc(C)c2)c1[N+](=O)[O-]. The van der Waals surface area contributed by atoms with Crippen LogP contribution in [0.1, 0.15) is 18.9 Å². The summed E-state index contributed by atoms with van der Waals surface area (Å²) in [5.41, 5.74) is 1.69. The molecule has 0 saturated carbocycles. The first-order chi connectivity index (χ1) is 9.63. The molecular formula is C13H15N5O2. The van der Waals surface area contributed by atoms with Gasteiger partial charge in [0.15, 0.2) is 5.69 Å². The Labute approximate surface area is 116 Å². The number of nitro groups is 1. The molecule has 0 aliphatic rings. The van der Waals surface area contributed by atoms with Crippen LogP contribution in [0, 0.1) is 17.0 Å². The standard InChI is InChI=1S/C13H15N5O2/c1-3-4-15-13-12(18(19)20)11(16-8-17-13)10-5-9(2)6-14-7-10/h5-8H,3-4H2,1-2H3,(H,15,16,17). The van der Waals surface area contributed by atoms with Gasteiger partial charge in [0.1, 0.15) is 6.33 Å². The summed E-state index contributed by atoms with van der Waals surface area (Å²) >= 11 is 0. The summed E-state index contributed by atoms with van der Waals surface area (Å²) in [4.78, 5) is 22.9. The summed E-state index contributed by atoms with van der Waals surface area (Å²) in [6.07, 6.45) is 5.42. The van der Waals surface area contributed by atoms with Crippen LogP contribution in [0.5, 0.6) is 0 Å². The summed E-state index contributed by atoms with van der Waals surface area (Å²) in [7, 11) is 0. The number of pyridine rings is 1. The third-order valence-corrected chi connectivity index (χ3v) is 2.70. The second-order valence-electron chi connectivity index (χ2n) is 4.35. The molecule has 0 atom stereocenters. The molecule has 2 heterocycles. The summed E-state index contributed by atoms with van der Waals surface area (Å²) in [5.74, 6) is 0.239. The van der Waals surface area contributed by atoms with Crippen molar-refractivity contribution in [3.05, 3.63) is 40.5 Å². The second-order valence-corrected chi connectivity index (χ2v) is 4.35. The van der Waals surface area contributed by atoms with Gasteiger partial charge in [-0.15, -0.1) is 0 Å². The van der Waals surface area contributed by atoms with Crippen molar-refractivity contribution in [2.75, 3.05) is 11.9 Å². The molecule has 104 valence electrons. The minimum absolute atomic E-state index is 0.117. The van der Waals surface area contributed by atoms with Crippen LogP contribution in [0.3, 0.4) is 0 Å². The minimum atomic E-state index is -0.463. The van der Waals surface area contributed by atoms with Gasteiger partial charge in [-0.2, -0.15) is 0 Å². The summed E-state index contributed by atoms with van der Waals surface area (Å²) < 4.78 is 0. The fraction of sp³-hybridized carbons (Fsp3) is 0.308. The van der Waals surface area contributed by atoms with E-state index in [1.165, 1.54) is 6.33 Å². The molecule has 0 saturated heterocycles. The number of aromatic nitrogens is 3. The van der Waals surface area contributed by atoms with E-state index in [-0.39, 0.29) is 17.2 Å². The lowest BCUT2D eigenvalue weighted by Crippen LogP contribution is -2.07. The molecule has 2 aromatic heterocycles. The predicted molar refractivity (Wildman–Crippen MR) is 75.4 cm³/mol. The predicted octanol–water partition coefficient (Wildman–Crippen LogP) is 2.58. The van der Waals surface area contributed by atoms with Gasteiger partial charge in [-0.05, 0) is 25.0 Å². The van der Waals surface area contributed by atoms with Crippen LogP contribution in [0.15, 0.2) is 24.8 Å². The Morgan fingerprint density at radius 2 is 2.15 bits per heavy atom. The van der Waals surface area contributed by atoms with E-state index in [4.69, 9.17) is 0 Å². The largest absolute Gasteiger partial charge is 0.364 e. The average Bonchev–Trinajstić information content (AvgIpc) is 2.44. The quantitative estimate of drug-likeness (QED) is 0.664. The smallest absolute Gasteiger partial charge is 0.337 e. The molecule has 2 rings (SSSR count). The van der Waals surface area contributed by atoms with E-state index in [1.807, 2.05) is 19.9 Å². The normalized spacial score (nSPS) is 10.3. The Morgan fingerprint density at radius 1 is 1.35 bits per heavy atom. The van der Waals surface area contributed by atoms with E-state index in [1.54, 1.807) is 12.4 Å². The Kier molecular flexibility index (Phi) is 4.19. The van der Waals surface area contributed by atoms with Crippen LogP contribution in [-0.2, 0) is 0 Å². The molecule has 0 unspecified atom stereocenters. The Balaban J connectivity index is 2.55. The van der Waals surface area contributed by atoms with Crippen molar-refractivity contribution in [3.63, 3.8) is 0 Å². The maximum Gasteiger partial charge on any atom is 0.337 e. The van der Waals surface area contributed by atoms with Crippen LogP contribution in [0.25, 0.3) is 11.3 Å². The van der Waals surface area contributed by atoms with Gasteiger partial charge >= 0.3 is 5.69 Å². The molecule has 0 aromatic carbocycles. The molecule has 7 nitrogen and oxygen atoms in total. The Hall–Kier alpha value is -2.57. The lowest BCUT2D eigenvalue weighted by molar-refractivity contribution is -0.383. The van der Waals surface area contributed by atoms with E-state index in [0.29, 0.717) is 12.1 Å². The lowest BCUT2D eigenvalue weighted by atomic mass is 10.1. The van der Waals surface area contributed by atoms with Crippen molar-refractivity contribution in [1.82, 2.24) is 15.0 Å². The van der Waals surface area contributed by atoms with Crippen LogP contribution in [0.2, 0.25) is 0 Å². The van der Waals surface area contributed by atoms with Crippen molar-refractivity contribution in [1.29, 1.82) is 0 Å². The first kappa shape index (κ1) is 13.9. The number of hydrogen-bond acceptors (Lipinski definition) is 6. The number of anilines is 1. The van der Waals surface area contributed by atoms with Gasteiger partial charge in [0.25, 0.3) is 0 Å². The van der Waals surface area contributed by atoms with Gasteiger partial charge in [0.05, 0.1) is 4.92 Å². The van der Waals surface area contributed by atoms with Gasteiger partial charge in [0, 0.05) is 24.5 Å². The highest BCUT2D eigenvalue weighted by molar-refractivity contribution is 5.76. The zero-order valence-electron chi connectivity index (χ0n) is 11.3. The molecule has 0 radical (unpaired) electrons. The van der Waals surface area contributed by atoms with Crippen LogP contribution in [0.4, 0.5) is 11.5 Å². The topological polar surface area (TPSA) is 93.8 Å². The van der Waals surface area contributed by atoms with Crippen LogP contribution >= 0.6 is 0 Å². The van der Waals surface area contributed by atoms with Crippen molar-refractivity contribution in [2.45, 2.75) is 20.3 Å². The van der Waals surface area contributed by atoms with E-state index in [0.717, 1.165) is 12.0 Å².